The van der Waals surface area contributed by atoms with E-state index in [1.807, 2.05) is 18.2 Å². The van der Waals surface area contributed by atoms with Gasteiger partial charge in [0.15, 0.2) is 0 Å². The predicted molar refractivity (Wildman–Crippen MR) is 122 cm³/mol. The lowest BCUT2D eigenvalue weighted by atomic mass is 10.2. The van der Waals surface area contributed by atoms with E-state index in [0.29, 0.717) is 41.8 Å². The largest absolute Gasteiger partial charge is 0.371 e. The van der Waals surface area contributed by atoms with Gasteiger partial charge in [-0.25, -0.2) is 8.42 Å². The molecule has 4 heterocycles. The van der Waals surface area contributed by atoms with Crippen LogP contribution < -0.4 is 9.80 Å². The van der Waals surface area contributed by atoms with Crippen LogP contribution in [0, 0.1) is 0 Å². The van der Waals surface area contributed by atoms with Crippen LogP contribution in [-0.2, 0) is 28.8 Å². The lowest BCUT2D eigenvalue weighted by Gasteiger charge is -2.29. The van der Waals surface area contributed by atoms with Crippen LogP contribution in [0.15, 0.2) is 58.3 Å². The van der Waals surface area contributed by atoms with Gasteiger partial charge >= 0.3 is 0 Å². The lowest BCUT2D eigenvalue weighted by Crippen LogP contribution is -2.34. The molecule has 6 rings (SSSR count). The number of nitrogens with zero attached hydrogens (tertiary/aromatic N) is 2. The lowest BCUT2D eigenvalue weighted by molar-refractivity contribution is 0.388. The number of sulfone groups is 1. The third-order valence-corrected chi connectivity index (χ3v) is 8.11. The Labute approximate surface area is 193 Å². The fraction of sp³-hybridized carbons (Fsp3) is 0.500. The van der Waals surface area contributed by atoms with Crippen LogP contribution in [0.5, 0.6) is 0 Å². The summed E-state index contributed by atoms with van der Waals surface area (Å²) in [7, 11) is -3.70. The predicted octanol–water partition coefficient (Wildman–Crippen LogP) is 1.73. The van der Waals surface area contributed by atoms with Crippen molar-refractivity contribution in [2.45, 2.75) is 34.2 Å². The maximum atomic E-state index is 13.7. The van der Waals surface area contributed by atoms with Crippen molar-refractivity contribution >= 4 is 21.2 Å². The molecule has 4 atom stereocenters. The minimum atomic E-state index is -3.70. The van der Waals surface area contributed by atoms with Gasteiger partial charge in [0.2, 0.25) is 9.84 Å². The van der Waals surface area contributed by atoms with Gasteiger partial charge in [0.25, 0.3) is 0 Å². The Morgan fingerprint density at radius 1 is 0.697 bits per heavy atom. The first-order chi connectivity index (χ1) is 16.1. The van der Waals surface area contributed by atoms with E-state index in [2.05, 4.69) is 9.80 Å². The number of epoxide rings is 4. The quantitative estimate of drug-likeness (QED) is 0.432. The topological polar surface area (TPSA) is 90.7 Å². The zero-order chi connectivity index (χ0) is 22.4. The summed E-state index contributed by atoms with van der Waals surface area (Å²) in [5, 5.41) is 0. The zero-order valence-electron chi connectivity index (χ0n) is 18.3. The normalized spacial score (nSPS) is 27.2. The molecule has 2 aromatic carbocycles. The van der Waals surface area contributed by atoms with Crippen molar-refractivity contribution in [2.75, 3.05) is 62.4 Å². The molecule has 4 fully saturated rings. The van der Waals surface area contributed by atoms with Crippen LogP contribution in [0.25, 0.3) is 0 Å². The van der Waals surface area contributed by atoms with E-state index in [1.165, 1.54) is 0 Å². The molecule has 0 amide bonds. The van der Waals surface area contributed by atoms with Gasteiger partial charge in [-0.1, -0.05) is 18.2 Å². The summed E-state index contributed by atoms with van der Waals surface area (Å²) in [5.74, 6) is 0. The first kappa shape index (κ1) is 21.4. The molecule has 4 aliphatic rings. The first-order valence-electron chi connectivity index (χ1n) is 11.5. The minimum Gasteiger partial charge on any atom is -0.371 e. The molecular formula is C24H28N2O6S. The average Bonchev–Trinajstić information content (AvgIpc) is 3.62. The molecule has 0 radical (unpaired) electrons. The third-order valence-electron chi connectivity index (χ3n) is 6.30. The van der Waals surface area contributed by atoms with Crippen LogP contribution in [0.2, 0.25) is 0 Å². The molecule has 0 saturated carbocycles. The van der Waals surface area contributed by atoms with Crippen LogP contribution >= 0.6 is 0 Å². The third kappa shape index (κ3) is 5.17. The SMILES string of the molecule is O=S(=O)(c1ccccc1)c1ccc(N(CC2CO2)CC2CO2)cc1N(CC1CO1)CC1CO1. The van der Waals surface area contributed by atoms with Gasteiger partial charge in [-0.3, -0.25) is 0 Å². The number of hydrogen-bond acceptors (Lipinski definition) is 8. The van der Waals surface area contributed by atoms with E-state index in [1.54, 1.807) is 30.3 Å². The van der Waals surface area contributed by atoms with Gasteiger partial charge in [0.1, 0.15) is 0 Å². The van der Waals surface area contributed by atoms with Crippen molar-refractivity contribution in [1.82, 2.24) is 0 Å². The van der Waals surface area contributed by atoms with E-state index < -0.39 is 9.84 Å². The highest BCUT2D eigenvalue weighted by molar-refractivity contribution is 7.91. The van der Waals surface area contributed by atoms with Gasteiger partial charge in [0, 0.05) is 31.9 Å². The summed E-state index contributed by atoms with van der Waals surface area (Å²) in [6.45, 7) is 5.73. The Morgan fingerprint density at radius 3 is 1.67 bits per heavy atom. The molecular weight excluding hydrogens is 444 g/mol. The van der Waals surface area contributed by atoms with Gasteiger partial charge in [-0.15, -0.1) is 0 Å². The van der Waals surface area contributed by atoms with Crippen molar-refractivity contribution < 1.29 is 27.4 Å². The maximum absolute atomic E-state index is 13.7. The van der Waals surface area contributed by atoms with Crippen molar-refractivity contribution in [1.29, 1.82) is 0 Å². The molecule has 4 saturated heterocycles. The molecule has 176 valence electrons. The highest BCUT2D eigenvalue weighted by atomic mass is 32.2. The second kappa shape index (κ2) is 8.56. The molecule has 8 nitrogen and oxygen atoms in total. The van der Waals surface area contributed by atoms with E-state index in [0.717, 1.165) is 32.0 Å². The highest BCUT2D eigenvalue weighted by Crippen LogP contribution is 2.36. The van der Waals surface area contributed by atoms with Crippen LogP contribution in [0.4, 0.5) is 11.4 Å². The fourth-order valence-corrected chi connectivity index (χ4v) is 5.62. The number of hydrogen-bond donors (Lipinski definition) is 0. The van der Waals surface area contributed by atoms with E-state index in [9.17, 15) is 8.42 Å². The highest BCUT2D eigenvalue weighted by Gasteiger charge is 2.35. The monoisotopic (exact) mass is 472 g/mol. The Bertz CT molecular complexity index is 1070. The van der Waals surface area contributed by atoms with Crippen LogP contribution in [-0.4, -0.2) is 85.4 Å². The molecule has 4 aliphatic heterocycles. The summed E-state index contributed by atoms with van der Waals surface area (Å²) in [4.78, 5) is 4.97. The van der Waals surface area contributed by atoms with Crippen molar-refractivity contribution in [2.24, 2.45) is 0 Å². The fourth-order valence-electron chi connectivity index (χ4n) is 4.14. The molecule has 2 aromatic rings. The standard InChI is InChI=1S/C24H28N2O6S/c27-33(28,22-4-2-1-3-5-22)24-7-6-17(25(9-18-13-29-18)10-19-14-30-19)8-23(24)26(11-20-15-31-20)12-21-16-32-21/h1-8,18-21H,9-16H2. The Balaban J connectivity index is 1.40. The van der Waals surface area contributed by atoms with Gasteiger partial charge in [-0.2, -0.15) is 0 Å². The van der Waals surface area contributed by atoms with E-state index in [-0.39, 0.29) is 24.4 Å². The summed E-state index contributed by atoms with van der Waals surface area (Å²) < 4.78 is 49.3. The Kier molecular flexibility index (Phi) is 5.54. The van der Waals surface area contributed by atoms with Gasteiger partial charge < -0.3 is 28.7 Å². The smallest absolute Gasteiger partial charge is 0.208 e. The molecule has 0 aliphatic carbocycles. The second-order valence-corrected chi connectivity index (χ2v) is 11.0. The molecule has 0 aromatic heterocycles. The Morgan fingerprint density at radius 2 is 1.18 bits per heavy atom. The van der Waals surface area contributed by atoms with Gasteiger partial charge in [-0.05, 0) is 30.3 Å². The maximum Gasteiger partial charge on any atom is 0.208 e. The van der Waals surface area contributed by atoms with E-state index >= 15 is 0 Å². The molecule has 4 unspecified atom stereocenters. The van der Waals surface area contributed by atoms with Crippen molar-refractivity contribution in [3.63, 3.8) is 0 Å². The molecule has 0 N–H and O–H groups in total. The molecule has 33 heavy (non-hydrogen) atoms. The van der Waals surface area contributed by atoms with Crippen LogP contribution in [0.1, 0.15) is 0 Å². The number of anilines is 2. The molecule has 9 heteroatoms. The summed E-state index contributed by atoms with van der Waals surface area (Å²) >= 11 is 0. The summed E-state index contributed by atoms with van der Waals surface area (Å²) in [6, 6.07) is 14.3. The number of rotatable bonds is 12. The summed E-state index contributed by atoms with van der Waals surface area (Å²) in [5.41, 5.74) is 1.67. The van der Waals surface area contributed by atoms with Crippen molar-refractivity contribution in [3.8, 4) is 0 Å². The molecule has 0 bridgehead atoms. The Hall–Kier alpha value is -2.17. The average molecular weight is 473 g/mol. The number of benzene rings is 2. The van der Waals surface area contributed by atoms with E-state index in [4.69, 9.17) is 18.9 Å². The molecule has 0 spiro atoms. The van der Waals surface area contributed by atoms with Crippen molar-refractivity contribution in [3.05, 3.63) is 48.5 Å². The zero-order valence-corrected chi connectivity index (χ0v) is 19.2. The van der Waals surface area contributed by atoms with Gasteiger partial charge in [0.05, 0.1) is 66.3 Å². The first-order valence-corrected chi connectivity index (χ1v) is 12.9. The minimum absolute atomic E-state index is 0.121. The summed E-state index contributed by atoms with van der Waals surface area (Å²) in [6.07, 6.45) is 0.678. The van der Waals surface area contributed by atoms with Crippen LogP contribution in [0.3, 0.4) is 0 Å². The number of ether oxygens (including phenoxy) is 4. The second-order valence-electron chi connectivity index (χ2n) is 9.10.